The number of oxazole rings is 1. The molecule has 1 aromatic carbocycles. The van der Waals surface area contributed by atoms with E-state index in [1.807, 2.05) is 0 Å². The van der Waals surface area contributed by atoms with Gasteiger partial charge in [0.1, 0.15) is 12.1 Å². The summed E-state index contributed by atoms with van der Waals surface area (Å²) in [5.41, 5.74) is 2.42. The number of hydrogen-bond acceptors (Lipinski definition) is 7. The molecule has 7 nitrogen and oxygen atoms in total. The highest BCUT2D eigenvalue weighted by atomic mass is 32.1. The maximum absolute atomic E-state index is 13.4. The van der Waals surface area contributed by atoms with Gasteiger partial charge in [-0.2, -0.15) is 0 Å². The molecule has 1 saturated heterocycles. The maximum Gasteiger partial charge on any atom is 0.310 e. The third kappa shape index (κ3) is 6.55. The smallest absolute Gasteiger partial charge is 0.310 e. The fourth-order valence-electron chi connectivity index (χ4n) is 4.23. The van der Waals surface area contributed by atoms with Crippen molar-refractivity contribution in [3.63, 3.8) is 0 Å². The quantitative estimate of drug-likeness (QED) is 0.394. The van der Waals surface area contributed by atoms with Crippen LogP contribution in [0.15, 0.2) is 46.4 Å². The van der Waals surface area contributed by atoms with Crippen LogP contribution in [0.2, 0.25) is 0 Å². The molecule has 9 heteroatoms. The standard InChI is InChI=1S/C26H30FN3O4S/c1-3-33-26(32)20-5-4-11-30(14-20)25(31)22-17-34-24(28-22)16-29(15-23-18(2)10-12-35-23)13-19-6-8-21(27)9-7-19/h6-10,12,17,20H,3-5,11,13-16H2,1-2H3/t20-/m0/s1. The number of halogens is 1. The average molecular weight is 500 g/mol. The number of piperidine rings is 1. The molecule has 1 fully saturated rings. The van der Waals surface area contributed by atoms with Crippen molar-refractivity contribution in [2.75, 3.05) is 19.7 Å². The Morgan fingerprint density at radius 3 is 2.74 bits per heavy atom. The van der Waals surface area contributed by atoms with Crippen LogP contribution in [-0.2, 0) is 29.2 Å². The molecule has 2 aromatic heterocycles. The van der Waals surface area contributed by atoms with Gasteiger partial charge in [-0.1, -0.05) is 12.1 Å². The van der Waals surface area contributed by atoms with Crippen molar-refractivity contribution in [3.8, 4) is 0 Å². The van der Waals surface area contributed by atoms with Crippen LogP contribution in [0.3, 0.4) is 0 Å². The number of hydrogen-bond donors (Lipinski definition) is 0. The Kier molecular flexibility index (Phi) is 8.30. The number of benzene rings is 1. The number of rotatable bonds is 9. The zero-order valence-corrected chi connectivity index (χ0v) is 20.9. The summed E-state index contributed by atoms with van der Waals surface area (Å²) in [6.07, 6.45) is 2.84. The lowest BCUT2D eigenvalue weighted by atomic mass is 9.98. The first-order valence-electron chi connectivity index (χ1n) is 11.8. The molecule has 1 atom stereocenters. The zero-order chi connectivity index (χ0) is 24.8. The van der Waals surface area contributed by atoms with E-state index in [4.69, 9.17) is 9.15 Å². The molecule has 35 heavy (non-hydrogen) atoms. The van der Waals surface area contributed by atoms with Crippen LogP contribution < -0.4 is 0 Å². The predicted octanol–water partition coefficient (Wildman–Crippen LogP) is 4.80. The highest BCUT2D eigenvalue weighted by Crippen LogP contribution is 2.23. The van der Waals surface area contributed by atoms with E-state index < -0.39 is 0 Å². The Balaban J connectivity index is 1.44. The van der Waals surface area contributed by atoms with Crippen LogP contribution in [0.5, 0.6) is 0 Å². The SMILES string of the molecule is CCOC(=O)[C@H]1CCCN(C(=O)c2coc(CN(Cc3ccc(F)cc3)Cc3sccc3C)n2)C1. The molecule has 0 bridgehead atoms. The van der Waals surface area contributed by atoms with Crippen LogP contribution in [0.1, 0.15) is 52.1 Å². The summed E-state index contributed by atoms with van der Waals surface area (Å²) in [6, 6.07) is 8.52. The highest BCUT2D eigenvalue weighted by molar-refractivity contribution is 7.10. The van der Waals surface area contributed by atoms with Crippen molar-refractivity contribution in [1.82, 2.24) is 14.8 Å². The molecule has 3 aromatic rings. The number of amides is 1. The summed E-state index contributed by atoms with van der Waals surface area (Å²) >= 11 is 1.68. The van der Waals surface area contributed by atoms with Crippen molar-refractivity contribution in [2.24, 2.45) is 5.92 Å². The molecule has 1 amide bonds. The van der Waals surface area contributed by atoms with Gasteiger partial charge >= 0.3 is 5.97 Å². The second-order valence-electron chi connectivity index (χ2n) is 8.77. The van der Waals surface area contributed by atoms with E-state index in [1.165, 1.54) is 28.8 Å². The van der Waals surface area contributed by atoms with Crippen molar-refractivity contribution in [2.45, 2.75) is 46.3 Å². The van der Waals surface area contributed by atoms with Crippen molar-refractivity contribution in [3.05, 3.63) is 75.4 Å². The lowest BCUT2D eigenvalue weighted by Gasteiger charge is -2.30. The predicted molar refractivity (Wildman–Crippen MR) is 130 cm³/mol. The number of esters is 1. The molecule has 0 unspecified atom stereocenters. The van der Waals surface area contributed by atoms with E-state index in [0.29, 0.717) is 51.6 Å². The Hall–Kier alpha value is -3.04. The third-order valence-corrected chi connectivity index (χ3v) is 7.12. The van der Waals surface area contributed by atoms with E-state index in [-0.39, 0.29) is 29.3 Å². The lowest BCUT2D eigenvalue weighted by molar-refractivity contribution is -0.149. The Morgan fingerprint density at radius 1 is 1.23 bits per heavy atom. The summed E-state index contributed by atoms with van der Waals surface area (Å²) < 4.78 is 24.2. The summed E-state index contributed by atoms with van der Waals surface area (Å²) in [6.45, 7) is 6.74. The van der Waals surface area contributed by atoms with Crippen molar-refractivity contribution >= 4 is 23.2 Å². The second kappa shape index (κ2) is 11.6. The number of likely N-dealkylation sites (tertiary alicyclic amines) is 1. The third-order valence-electron chi connectivity index (χ3n) is 6.11. The molecule has 0 saturated carbocycles. The maximum atomic E-state index is 13.4. The minimum absolute atomic E-state index is 0.235. The van der Waals surface area contributed by atoms with Gasteiger partial charge in [-0.3, -0.25) is 14.5 Å². The number of aryl methyl sites for hydroxylation is 1. The van der Waals surface area contributed by atoms with Crippen LogP contribution >= 0.6 is 11.3 Å². The molecule has 1 aliphatic rings. The Morgan fingerprint density at radius 2 is 2.03 bits per heavy atom. The minimum atomic E-state index is -0.306. The van der Waals surface area contributed by atoms with Crippen molar-refractivity contribution < 1.29 is 23.1 Å². The molecular weight excluding hydrogens is 469 g/mol. The fraction of sp³-hybridized carbons (Fsp3) is 0.423. The van der Waals surface area contributed by atoms with Gasteiger partial charge in [0, 0.05) is 31.1 Å². The first-order valence-corrected chi connectivity index (χ1v) is 12.7. The topological polar surface area (TPSA) is 75.9 Å². The molecule has 186 valence electrons. The van der Waals surface area contributed by atoms with Gasteiger partial charge in [-0.25, -0.2) is 9.37 Å². The number of nitrogens with zero attached hydrogens (tertiary/aromatic N) is 3. The van der Waals surface area contributed by atoms with Gasteiger partial charge in [-0.05, 0) is 61.4 Å². The van der Waals surface area contributed by atoms with E-state index in [1.54, 1.807) is 35.3 Å². The second-order valence-corrected chi connectivity index (χ2v) is 9.77. The van der Waals surface area contributed by atoms with Crippen molar-refractivity contribution in [1.29, 1.82) is 0 Å². The molecule has 0 radical (unpaired) electrons. The number of carbonyl (C=O) groups is 2. The number of aromatic nitrogens is 1. The van der Waals surface area contributed by atoms with E-state index in [0.717, 1.165) is 12.0 Å². The molecule has 0 N–H and O–H groups in total. The molecule has 0 aliphatic carbocycles. The summed E-state index contributed by atoms with van der Waals surface area (Å²) in [5, 5.41) is 2.06. The van der Waals surface area contributed by atoms with Gasteiger partial charge in [0.2, 0.25) is 5.89 Å². The first kappa shape index (κ1) is 25.1. The number of carbonyl (C=O) groups excluding carboxylic acids is 2. The highest BCUT2D eigenvalue weighted by Gasteiger charge is 2.31. The van der Waals surface area contributed by atoms with Gasteiger partial charge < -0.3 is 14.1 Å². The first-order chi connectivity index (χ1) is 16.9. The monoisotopic (exact) mass is 499 g/mol. The van der Waals surface area contributed by atoms with E-state index in [2.05, 4.69) is 28.3 Å². The summed E-state index contributed by atoms with van der Waals surface area (Å²) in [5.74, 6) is -0.643. The number of thiophene rings is 1. The molecule has 1 aliphatic heterocycles. The molecular formula is C26H30FN3O4S. The van der Waals surface area contributed by atoms with E-state index >= 15 is 0 Å². The normalized spacial score (nSPS) is 16.0. The molecule has 0 spiro atoms. The summed E-state index contributed by atoms with van der Waals surface area (Å²) in [7, 11) is 0. The number of ether oxygens (including phenoxy) is 1. The fourth-order valence-corrected chi connectivity index (χ4v) is 5.18. The Labute approximate surface area is 208 Å². The van der Waals surface area contributed by atoms with Gasteiger partial charge in [0.25, 0.3) is 5.91 Å². The van der Waals surface area contributed by atoms with E-state index in [9.17, 15) is 14.0 Å². The largest absolute Gasteiger partial charge is 0.466 e. The lowest BCUT2D eigenvalue weighted by Crippen LogP contribution is -2.43. The molecule has 3 heterocycles. The zero-order valence-electron chi connectivity index (χ0n) is 20.0. The van der Waals surface area contributed by atoms with Gasteiger partial charge in [0.15, 0.2) is 5.69 Å². The van der Waals surface area contributed by atoms with Gasteiger partial charge in [-0.15, -0.1) is 11.3 Å². The molecule has 4 rings (SSSR count). The van der Waals surface area contributed by atoms with Crippen LogP contribution in [0, 0.1) is 18.7 Å². The van der Waals surface area contributed by atoms with Crippen LogP contribution in [0.25, 0.3) is 0 Å². The average Bonchev–Trinajstić information content (AvgIpc) is 3.49. The Bertz CT molecular complexity index is 1140. The van der Waals surface area contributed by atoms with Crippen LogP contribution in [0.4, 0.5) is 4.39 Å². The van der Waals surface area contributed by atoms with Crippen LogP contribution in [-0.4, -0.2) is 46.4 Å². The minimum Gasteiger partial charge on any atom is -0.466 e. The summed E-state index contributed by atoms with van der Waals surface area (Å²) in [4.78, 5) is 34.7. The van der Waals surface area contributed by atoms with Gasteiger partial charge in [0.05, 0.1) is 19.1 Å².